The normalized spacial score (nSPS) is 13.7. The zero-order valence-electron chi connectivity index (χ0n) is 17.5. The van der Waals surface area contributed by atoms with Crippen LogP contribution in [0.5, 0.6) is 0 Å². The number of fused-ring (bicyclic) bond motifs is 1. The molecule has 7 nitrogen and oxygen atoms in total. The monoisotopic (exact) mass is 464 g/mol. The summed E-state index contributed by atoms with van der Waals surface area (Å²) in [5.74, 6) is -0.441. The molecule has 1 heterocycles. The zero-order chi connectivity index (χ0) is 23.0. The zero-order valence-corrected chi connectivity index (χ0v) is 18.3. The van der Waals surface area contributed by atoms with Gasteiger partial charge in [-0.25, -0.2) is 12.8 Å². The molecule has 1 aliphatic carbocycles. The number of hydrogen-bond donors (Lipinski definition) is 3. The van der Waals surface area contributed by atoms with Crippen LogP contribution >= 0.6 is 0 Å². The largest absolute Gasteiger partial charge is 0.308 e. The van der Waals surface area contributed by atoms with Crippen molar-refractivity contribution in [2.45, 2.75) is 18.6 Å². The van der Waals surface area contributed by atoms with Crippen LogP contribution in [0.25, 0.3) is 22.0 Å². The maximum absolute atomic E-state index is 13.9. The van der Waals surface area contributed by atoms with Crippen LogP contribution in [0.2, 0.25) is 0 Å². The molecule has 1 aliphatic rings. The number of halogens is 1. The van der Waals surface area contributed by atoms with E-state index in [9.17, 15) is 17.6 Å². The second-order valence-electron chi connectivity index (χ2n) is 8.13. The van der Waals surface area contributed by atoms with Gasteiger partial charge in [-0.05, 0) is 54.3 Å². The number of hydrogen-bond acceptors (Lipinski definition) is 4. The third-order valence-corrected chi connectivity index (χ3v) is 6.76. The van der Waals surface area contributed by atoms with Crippen LogP contribution < -0.4 is 10.0 Å². The fraction of sp³-hybridized carbons (Fsp3) is 0.167. The highest BCUT2D eigenvalue weighted by atomic mass is 32.2. The maximum atomic E-state index is 13.9. The Balaban J connectivity index is 1.36. The number of sulfonamides is 1. The van der Waals surface area contributed by atoms with Crippen molar-refractivity contribution in [3.63, 3.8) is 0 Å². The number of amides is 1. The summed E-state index contributed by atoms with van der Waals surface area (Å²) in [6.07, 6.45) is 1.83. The van der Waals surface area contributed by atoms with Crippen molar-refractivity contribution in [3.05, 3.63) is 78.1 Å². The van der Waals surface area contributed by atoms with E-state index in [2.05, 4.69) is 20.2 Å². The number of aromatic amines is 1. The molecule has 3 aromatic carbocycles. The van der Waals surface area contributed by atoms with Crippen LogP contribution in [0.3, 0.4) is 0 Å². The minimum atomic E-state index is -3.80. The molecule has 0 spiro atoms. The predicted molar refractivity (Wildman–Crippen MR) is 126 cm³/mol. The number of rotatable bonds is 7. The first-order chi connectivity index (χ1) is 15.9. The van der Waals surface area contributed by atoms with Gasteiger partial charge in [0.15, 0.2) is 5.82 Å². The Labute approximate surface area is 190 Å². The number of aromatic nitrogens is 2. The first kappa shape index (κ1) is 21.1. The van der Waals surface area contributed by atoms with E-state index < -0.39 is 21.6 Å². The summed E-state index contributed by atoms with van der Waals surface area (Å²) in [7, 11) is -3.80. The summed E-state index contributed by atoms with van der Waals surface area (Å²) in [4.78, 5) is 12.0. The molecule has 0 radical (unpaired) electrons. The molecule has 33 heavy (non-hydrogen) atoms. The van der Waals surface area contributed by atoms with Gasteiger partial charge in [0, 0.05) is 22.6 Å². The lowest BCUT2D eigenvalue weighted by atomic mass is 10.0. The summed E-state index contributed by atoms with van der Waals surface area (Å²) >= 11 is 0. The summed E-state index contributed by atoms with van der Waals surface area (Å²) in [5, 5.41) is 10.8. The van der Waals surface area contributed by atoms with Gasteiger partial charge in [-0.15, -0.1) is 0 Å². The number of carbonyl (C=O) groups excluding carboxylic acids is 1. The van der Waals surface area contributed by atoms with E-state index >= 15 is 0 Å². The van der Waals surface area contributed by atoms with Crippen LogP contribution in [-0.4, -0.2) is 24.5 Å². The number of anilines is 2. The van der Waals surface area contributed by atoms with E-state index in [0.29, 0.717) is 11.5 Å². The van der Waals surface area contributed by atoms with Gasteiger partial charge >= 0.3 is 0 Å². The Morgan fingerprint density at radius 1 is 1.03 bits per heavy atom. The van der Waals surface area contributed by atoms with E-state index in [0.717, 1.165) is 34.9 Å². The molecule has 0 unspecified atom stereocenters. The van der Waals surface area contributed by atoms with Gasteiger partial charge in [0.1, 0.15) is 5.82 Å². The number of carbonyl (C=O) groups is 1. The van der Waals surface area contributed by atoms with E-state index in [1.807, 2.05) is 24.3 Å². The summed E-state index contributed by atoms with van der Waals surface area (Å²) in [5.41, 5.74) is 2.88. The Morgan fingerprint density at radius 2 is 1.82 bits per heavy atom. The smallest absolute Gasteiger partial charge is 0.237 e. The van der Waals surface area contributed by atoms with Crippen molar-refractivity contribution in [2.24, 2.45) is 5.92 Å². The Hall–Kier alpha value is -3.72. The summed E-state index contributed by atoms with van der Waals surface area (Å²) in [6, 6.07) is 18.4. The van der Waals surface area contributed by atoms with Crippen LogP contribution in [0.4, 0.5) is 15.9 Å². The van der Waals surface area contributed by atoms with E-state index in [1.54, 1.807) is 24.3 Å². The molecule has 0 aliphatic heterocycles. The molecule has 1 amide bonds. The Kier molecular flexibility index (Phi) is 5.33. The van der Waals surface area contributed by atoms with Crippen LogP contribution in [0, 0.1) is 11.7 Å². The maximum Gasteiger partial charge on any atom is 0.237 e. The lowest BCUT2D eigenvalue weighted by molar-refractivity contribution is -0.117. The standard InChI is InChI=1S/C24H21FN4O3S/c25-21-7-2-1-4-18(21)14-33(31,32)29-19-6-3-5-16(12-19)17-10-11-20-22(13-17)27-28-23(20)26-24(30)15-8-9-15/h1-7,10-13,15,29H,8-9,14H2,(H2,26,27,28,30). The highest BCUT2D eigenvalue weighted by Gasteiger charge is 2.30. The van der Waals surface area contributed by atoms with Crippen LogP contribution in [-0.2, 0) is 20.6 Å². The highest BCUT2D eigenvalue weighted by Crippen LogP contribution is 2.32. The molecule has 3 N–H and O–H groups in total. The number of benzene rings is 3. The minimum Gasteiger partial charge on any atom is -0.308 e. The Bertz CT molecular complexity index is 1460. The summed E-state index contributed by atoms with van der Waals surface area (Å²) < 4.78 is 41.5. The highest BCUT2D eigenvalue weighted by molar-refractivity contribution is 7.91. The number of nitrogens with zero attached hydrogens (tertiary/aromatic N) is 1. The molecular weight excluding hydrogens is 443 g/mol. The van der Waals surface area contributed by atoms with Crippen molar-refractivity contribution in [3.8, 4) is 11.1 Å². The average Bonchev–Trinajstić information content (AvgIpc) is 3.57. The fourth-order valence-electron chi connectivity index (χ4n) is 3.66. The van der Waals surface area contributed by atoms with E-state index in [1.165, 1.54) is 18.2 Å². The second-order valence-corrected chi connectivity index (χ2v) is 9.85. The van der Waals surface area contributed by atoms with Crippen LogP contribution in [0.1, 0.15) is 18.4 Å². The van der Waals surface area contributed by atoms with Gasteiger partial charge in [0.05, 0.1) is 11.3 Å². The van der Waals surface area contributed by atoms with Crippen molar-refractivity contribution in [2.75, 3.05) is 10.0 Å². The van der Waals surface area contributed by atoms with Gasteiger partial charge < -0.3 is 5.32 Å². The van der Waals surface area contributed by atoms with Gasteiger partial charge in [-0.1, -0.05) is 36.4 Å². The molecule has 4 aromatic rings. The predicted octanol–water partition coefficient (Wildman–Crippen LogP) is 4.66. The third-order valence-electron chi connectivity index (χ3n) is 5.53. The molecule has 1 aromatic heterocycles. The van der Waals surface area contributed by atoms with Gasteiger partial charge in [0.2, 0.25) is 15.9 Å². The van der Waals surface area contributed by atoms with Gasteiger partial charge in [-0.2, -0.15) is 5.10 Å². The SMILES string of the molecule is O=C(Nc1n[nH]c2cc(-c3cccc(NS(=O)(=O)Cc4ccccc4F)c3)ccc12)C1CC1. The van der Waals surface area contributed by atoms with Crippen molar-refractivity contribution < 1.29 is 17.6 Å². The molecule has 5 rings (SSSR count). The van der Waals surface area contributed by atoms with Crippen molar-refractivity contribution in [1.82, 2.24) is 10.2 Å². The minimum absolute atomic E-state index is 0.0113. The van der Waals surface area contributed by atoms with Crippen molar-refractivity contribution in [1.29, 1.82) is 0 Å². The fourth-order valence-corrected chi connectivity index (χ4v) is 4.86. The van der Waals surface area contributed by atoms with E-state index in [4.69, 9.17) is 0 Å². The van der Waals surface area contributed by atoms with E-state index in [-0.39, 0.29) is 17.4 Å². The first-order valence-electron chi connectivity index (χ1n) is 10.5. The topological polar surface area (TPSA) is 104 Å². The summed E-state index contributed by atoms with van der Waals surface area (Å²) in [6.45, 7) is 0. The Morgan fingerprint density at radius 3 is 2.61 bits per heavy atom. The van der Waals surface area contributed by atoms with Gasteiger partial charge in [0.25, 0.3) is 0 Å². The molecule has 168 valence electrons. The lowest BCUT2D eigenvalue weighted by Gasteiger charge is -2.10. The molecule has 0 saturated heterocycles. The average molecular weight is 465 g/mol. The lowest BCUT2D eigenvalue weighted by Crippen LogP contribution is -2.15. The number of H-pyrrole nitrogens is 1. The molecule has 1 fully saturated rings. The molecular formula is C24H21FN4O3S. The van der Waals surface area contributed by atoms with Crippen LogP contribution in [0.15, 0.2) is 66.7 Å². The molecule has 0 atom stereocenters. The quantitative estimate of drug-likeness (QED) is 0.370. The first-order valence-corrected chi connectivity index (χ1v) is 12.2. The number of nitrogens with one attached hydrogen (secondary N) is 3. The molecule has 0 bridgehead atoms. The third kappa shape index (κ3) is 4.73. The second kappa shape index (κ2) is 8.32. The molecule has 1 saturated carbocycles. The molecule has 9 heteroatoms. The van der Waals surface area contributed by atoms with Crippen molar-refractivity contribution >= 4 is 38.3 Å². The van der Waals surface area contributed by atoms with Gasteiger partial charge in [-0.3, -0.25) is 14.6 Å².